The Kier molecular flexibility index (Phi) is 3.86. The van der Waals surface area contributed by atoms with Gasteiger partial charge in [0.25, 0.3) is 0 Å². The molecule has 3 rings (SSSR count). The zero-order valence-corrected chi connectivity index (χ0v) is 11.9. The van der Waals surface area contributed by atoms with E-state index in [0.717, 1.165) is 25.0 Å². The number of carboxylic acids is 1. The average Bonchev–Trinajstić information content (AvgIpc) is 3.20. The first-order valence-electron chi connectivity index (χ1n) is 7.46. The van der Waals surface area contributed by atoms with E-state index in [1.165, 1.54) is 0 Å². The number of aliphatic carboxylic acids is 1. The monoisotopic (exact) mass is 292 g/mol. The third kappa shape index (κ3) is 3.20. The lowest BCUT2D eigenvalue weighted by molar-refractivity contribution is -0.143. The van der Waals surface area contributed by atoms with Crippen LogP contribution in [0.1, 0.15) is 31.4 Å². The highest BCUT2D eigenvalue weighted by Crippen LogP contribution is 2.30. The highest BCUT2D eigenvalue weighted by atomic mass is 16.4. The fourth-order valence-electron chi connectivity index (χ4n) is 2.84. The molecule has 1 aliphatic carbocycles. The van der Waals surface area contributed by atoms with E-state index in [1.54, 1.807) is 11.2 Å². The molecule has 2 amide bonds. The van der Waals surface area contributed by atoms with Crippen LogP contribution in [0.25, 0.3) is 0 Å². The minimum absolute atomic E-state index is 0.0557. The number of hydrogen-bond donors (Lipinski definition) is 1. The standard InChI is InChI=1S/C15H20N2O4/c18-14(19)11-3-1-7-16(9-11)15(20)17(12-5-6-12)10-13-4-2-8-21-13/h2,4,8,11-12H,1,3,5-7,9-10H2,(H,18,19). The Morgan fingerprint density at radius 3 is 2.81 bits per heavy atom. The molecule has 2 aliphatic rings. The van der Waals surface area contributed by atoms with Crippen molar-refractivity contribution in [1.82, 2.24) is 9.80 Å². The van der Waals surface area contributed by atoms with Gasteiger partial charge in [-0.25, -0.2) is 4.79 Å². The van der Waals surface area contributed by atoms with Gasteiger partial charge in [0.05, 0.1) is 18.7 Å². The van der Waals surface area contributed by atoms with E-state index >= 15 is 0 Å². The van der Waals surface area contributed by atoms with Crippen molar-refractivity contribution in [3.05, 3.63) is 24.2 Å². The summed E-state index contributed by atoms with van der Waals surface area (Å²) in [6, 6.07) is 3.89. The maximum absolute atomic E-state index is 12.7. The molecule has 1 saturated carbocycles. The number of carboxylic acid groups (broad SMARTS) is 1. The van der Waals surface area contributed by atoms with E-state index in [9.17, 15) is 9.59 Å². The van der Waals surface area contributed by atoms with Gasteiger partial charge in [0, 0.05) is 19.1 Å². The van der Waals surface area contributed by atoms with E-state index in [-0.39, 0.29) is 12.1 Å². The Morgan fingerprint density at radius 2 is 2.19 bits per heavy atom. The summed E-state index contributed by atoms with van der Waals surface area (Å²) in [6.07, 6.45) is 5.04. The number of amides is 2. The molecule has 6 heteroatoms. The van der Waals surface area contributed by atoms with Gasteiger partial charge in [-0.05, 0) is 37.8 Å². The molecule has 0 spiro atoms. The predicted octanol–water partition coefficient (Wildman–Crippen LogP) is 2.16. The van der Waals surface area contributed by atoms with E-state index < -0.39 is 11.9 Å². The first-order valence-corrected chi connectivity index (χ1v) is 7.46. The minimum atomic E-state index is -0.809. The van der Waals surface area contributed by atoms with Crippen molar-refractivity contribution >= 4 is 12.0 Å². The molecule has 0 bridgehead atoms. The van der Waals surface area contributed by atoms with Crippen LogP contribution >= 0.6 is 0 Å². The molecule has 114 valence electrons. The lowest BCUT2D eigenvalue weighted by Gasteiger charge is -2.35. The molecule has 6 nitrogen and oxygen atoms in total. The third-order valence-electron chi connectivity index (χ3n) is 4.18. The van der Waals surface area contributed by atoms with Crippen molar-refractivity contribution in [2.24, 2.45) is 5.92 Å². The highest BCUT2D eigenvalue weighted by Gasteiger charge is 2.37. The maximum Gasteiger partial charge on any atom is 0.320 e. The Hall–Kier alpha value is -1.98. The summed E-state index contributed by atoms with van der Waals surface area (Å²) < 4.78 is 5.33. The molecule has 1 atom stereocenters. The molecular weight excluding hydrogens is 272 g/mol. The molecule has 2 fully saturated rings. The van der Waals surface area contributed by atoms with E-state index in [4.69, 9.17) is 9.52 Å². The van der Waals surface area contributed by atoms with E-state index in [1.807, 2.05) is 17.0 Å². The Bertz CT molecular complexity index is 510. The summed E-state index contributed by atoms with van der Waals surface area (Å²) in [6.45, 7) is 1.42. The lowest BCUT2D eigenvalue weighted by atomic mass is 9.98. The molecule has 1 N–H and O–H groups in total. The largest absolute Gasteiger partial charge is 0.481 e. The van der Waals surface area contributed by atoms with Crippen LogP contribution in [-0.2, 0) is 11.3 Å². The van der Waals surface area contributed by atoms with Crippen molar-refractivity contribution in [1.29, 1.82) is 0 Å². The maximum atomic E-state index is 12.7. The summed E-state index contributed by atoms with van der Waals surface area (Å²) in [5, 5.41) is 9.14. The van der Waals surface area contributed by atoms with Gasteiger partial charge in [0.15, 0.2) is 0 Å². The van der Waals surface area contributed by atoms with Crippen molar-refractivity contribution in [2.45, 2.75) is 38.3 Å². The minimum Gasteiger partial charge on any atom is -0.481 e. The van der Waals surface area contributed by atoms with Gasteiger partial charge >= 0.3 is 12.0 Å². The Balaban J connectivity index is 1.67. The molecule has 0 radical (unpaired) electrons. The zero-order valence-electron chi connectivity index (χ0n) is 11.9. The van der Waals surface area contributed by atoms with Crippen LogP contribution in [0.5, 0.6) is 0 Å². The van der Waals surface area contributed by atoms with Crippen LogP contribution in [0, 0.1) is 5.92 Å². The van der Waals surface area contributed by atoms with Crippen LogP contribution < -0.4 is 0 Å². The van der Waals surface area contributed by atoms with Crippen molar-refractivity contribution < 1.29 is 19.1 Å². The summed E-state index contributed by atoms with van der Waals surface area (Å²) in [5.74, 6) is -0.481. The summed E-state index contributed by atoms with van der Waals surface area (Å²) in [5.41, 5.74) is 0. The second-order valence-corrected chi connectivity index (χ2v) is 5.84. The quantitative estimate of drug-likeness (QED) is 0.923. The molecule has 1 aromatic heterocycles. The second kappa shape index (κ2) is 5.79. The molecule has 1 aliphatic heterocycles. The number of nitrogens with zero attached hydrogens (tertiary/aromatic N) is 2. The normalized spacial score (nSPS) is 22.1. The first kappa shape index (κ1) is 14.0. The fourth-order valence-corrected chi connectivity index (χ4v) is 2.84. The number of rotatable bonds is 4. The summed E-state index contributed by atoms with van der Waals surface area (Å²) in [7, 11) is 0. The molecule has 1 unspecified atom stereocenters. The van der Waals surface area contributed by atoms with Crippen LogP contribution in [0.15, 0.2) is 22.8 Å². The smallest absolute Gasteiger partial charge is 0.320 e. The first-order chi connectivity index (χ1) is 10.1. The molecule has 21 heavy (non-hydrogen) atoms. The van der Waals surface area contributed by atoms with Gasteiger partial charge in [0.2, 0.25) is 0 Å². The fraction of sp³-hybridized carbons (Fsp3) is 0.600. The van der Waals surface area contributed by atoms with Gasteiger partial charge in [-0.3, -0.25) is 4.79 Å². The van der Waals surface area contributed by atoms with Gasteiger partial charge in [-0.15, -0.1) is 0 Å². The number of likely N-dealkylation sites (tertiary alicyclic amines) is 1. The number of furan rings is 1. The number of carbonyl (C=O) groups is 2. The number of piperidine rings is 1. The van der Waals surface area contributed by atoms with Gasteiger partial charge in [-0.2, -0.15) is 0 Å². The highest BCUT2D eigenvalue weighted by molar-refractivity contribution is 5.77. The van der Waals surface area contributed by atoms with Crippen molar-refractivity contribution in [3.63, 3.8) is 0 Å². The molecule has 1 saturated heterocycles. The molecule has 0 aromatic carbocycles. The van der Waals surface area contributed by atoms with Crippen molar-refractivity contribution in [2.75, 3.05) is 13.1 Å². The number of hydrogen-bond acceptors (Lipinski definition) is 3. The van der Waals surface area contributed by atoms with Crippen LogP contribution in [0.3, 0.4) is 0 Å². The summed E-state index contributed by atoms with van der Waals surface area (Å²) in [4.78, 5) is 27.3. The Morgan fingerprint density at radius 1 is 1.38 bits per heavy atom. The lowest BCUT2D eigenvalue weighted by Crippen LogP contribution is -2.49. The number of carbonyl (C=O) groups excluding carboxylic acids is 1. The van der Waals surface area contributed by atoms with E-state index in [0.29, 0.717) is 26.1 Å². The van der Waals surface area contributed by atoms with Crippen molar-refractivity contribution in [3.8, 4) is 0 Å². The van der Waals surface area contributed by atoms with Gasteiger partial charge < -0.3 is 19.3 Å². The summed E-state index contributed by atoms with van der Waals surface area (Å²) >= 11 is 0. The third-order valence-corrected chi connectivity index (χ3v) is 4.18. The average molecular weight is 292 g/mol. The predicted molar refractivity (Wildman–Crippen MR) is 74.6 cm³/mol. The van der Waals surface area contributed by atoms with Crippen LogP contribution in [0.4, 0.5) is 4.79 Å². The second-order valence-electron chi connectivity index (χ2n) is 5.84. The SMILES string of the molecule is O=C(O)C1CCCN(C(=O)N(Cc2ccco2)C2CC2)C1. The van der Waals surface area contributed by atoms with E-state index in [2.05, 4.69) is 0 Å². The number of urea groups is 1. The zero-order chi connectivity index (χ0) is 14.8. The molecule has 1 aromatic rings. The molecule has 2 heterocycles. The molecular formula is C15H20N2O4. The van der Waals surface area contributed by atoms with Crippen LogP contribution in [0.2, 0.25) is 0 Å². The van der Waals surface area contributed by atoms with Gasteiger partial charge in [0.1, 0.15) is 5.76 Å². The Labute approximate surface area is 123 Å². The van der Waals surface area contributed by atoms with Crippen LogP contribution in [-0.4, -0.2) is 46.0 Å². The topological polar surface area (TPSA) is 74.0 Å². The van der Waals surface area contributed by atoms with Gasteiger partial charge in [-0.1, -0.05) is 0 Å².